The molecule has 1 unspecified atom stereocenters. The molecular formula is C22H27FN2O5S. The highest BCUT2D eigenvalue weighted by atomic mass is 32.1. The molecule has 3 rings (SSSR count). The Morgan fingerprint density at radius 2 is 2.10 bits per heavy atom. The Morgan fingerprint density at radius 1 is 1.26 bits per heavy atom. The summed E-state index contributed by atoms with van der Waals surface area (Å²) in [5, 5.41) is 2.00. The van der Waals surface area contributed by atoms with Crippen LogP contribution in [0.5, 0.6) is 5.75 Å². The Morgan fingerprint density at radius 3 is 2.84 bits per heavy atom. The average molecular weight is 451 g/mol. The zero-order valence-electron chi connectivity index (χ0n) is 17.7. The summed E-state index contributed by atoms with van der Waals surface area (Å²) < 4.78 is 29.4. The number of hydrogen-bond donors (Lipinski definition) is 0. The Hall–Kier alpha value is -2.49. The molecule has 0 saturated heterocycles. The van der Waals surface area contributed by atoms with Crippen molar-refractivity contribution in [2.45, 2.75) is 12.5 Å². The summed E-state index contributed by atoms with van der Waals surface area (Å²) in [6, 6.07) is 7.62. The van der Waals surface area contributed by atoms with Crippen LogP contribution in [0, 0.1) is 5.82 Å². The molecular weight excluding hydrogens is 423 g/mol. The van der Waals surface area contributed by atoms with Crippen LogP contribution in [0.25, 0.3) is 0 Å². The third-order valence-electron chi connectivity index (χ3n) is 5.13. The Bertz CT molecular complexity index is 890. The number of carbonyl (C=O) groups excluding carboxylic acids is 2. The van der Waals surface area contributed by atoms with Gasteiger partial charge in [0.25, 0.3) is 0 Å². The second-order valence-electron chi connectivity index (χ2n) is 7.16. The van der Waals surface area contributed by atoms with Gasteiger partial charge in [-0.05, 0) is 35.6 Å². The van der Waals surface area contributed by atoms with Gasteiger partial charge < -0.3 is 24.0 Å². The molecule has 0 N–H and O–H groups in total. The van der Waals surface area contributed by atoms with Gasteiger partial charge in [-0.3, -0.25) is 9.59 Å². The minimum atomic E-state index is -0.379. The van der Waals surface area contributed by atoms with Crippen LogP contribution in [0.1, 0.15) is 16.5 Å². The maximum absolute atomic E-state index is 13.5. The third-order valence-corrected chi connectivity index (χ3v) is 6.13. The second-order valence-corrected chi connectivity index (χ2v) is 8.16. The molecule has 0 fully saturated rings. The monoisotopic (exact) mass is 450 g/mol. The van der Waals surface area contributed by atoms with Gasteiger partial charge in [-0.15, -0.1) is 11.3 Å². The van der Waals surface area contributed by atoms with Crippen molar-refractivity contribution in [3.8, 4) is 5.75 Å². The molecule has 2 aromatic rings. The van der Waals surface area contributed by atoms with E-state index in [2.05, 4.69) is 0 Å². The largest absolute Gasteiger partial charge is 0.491 e. The summed E-state index contributed by atoms with van der Waals surface area (Å²) in [6.07, 6.45) is 0.749. The highest BCUT2D eigenvalue weighted by Crippen LogP contribution is 2.34. The van der Waals surface area contributed by atoms with Crippen molar-refractivity contribution in [2.75, 3.05) is 53.7 Å². The van der Waals surface area contributed by atoms with Crippen molar-refractivity contribution in [3.05, 3.63) is 52.0 Å². The van der Waals surface area contributed by atoms with E-state index in [1.165, 1.54) is 29.0 Å². The fourth-order valence-electron chi connectivity index (χ4n) is 3.57. The number of benzene rings is 1. The predicted octanol–water partition coefficient (Wildman–Crippen LogP) is 2.51. The van der Waals surface area contributed by atoms with E-state index in [1.807, 2.05) is 11.4 Å². The molecule has 9 heteroatoms. The molecule has 1 atom stereocenters. The molecule has 1 aliphatic heterocycles. The average Bonchev–Trinajstić information content (AvgIpc) is 3.24. The molecule has 2 amide bonds. The summed E-state index contributed by atoms with van der Waals surface area (Å²) in [5.74, 6) is -0.415. The molecule has 7 nitrogen and oxygen atoms in total. The highest BCUT2D eigenvalue weighted by molar-refractivity contribution is 7.10. The number of carbonyl (C=O) groups is 2. The standard InChI is InChI=1S/C22H27FN2O5S/c1-28-10-9-24(22(27)15-29-2)13-21(26)25-8-6-20-18(7-11-31-20)19(25)14-30-17-5-3-4-16(23)12-17/h3-5,7,11-12,19H,6,8-10,13-15H2,1-2H3. The summed E-state index contributed by atoms with van der Waals surface area (Å²) in [6.45, 7) is 1.18. The number of nitrogens with zero attached hydrogens (tertiary/aromatic N) is 2. The summed E-state index contributed by atoms with van der Waals surface area (Å²) >= 11 is 1.65. The minimum absolute atomic E-state index is 0.0680. The van der Waals surface area contributed by atoms with Crippen molar-refractivity contribution in [3.63, 3.8) is 0 Å². The number of amides is 2. The lowest BCUT2D eigenvalue weighted by atomic mass is 10.0. The fourth-order valence-corrected chi connectivity index (χ4v) is 4.50. The molecule has 0 spiro atoms. The van der Waals surface area contributed by atoms with Crippen LogP contribution in [0.15, 0.2) is 35.7 Å². The molecule has 0 bridgehead atoms. The van der Waals surface area contributed by atoms with Gasteiger partial charge >= 0.3 is 0 Å². The first-order chi connectivity index (χ1) is 15.0. The van der Waals surface area contributed by atoms with Gasteiger partial charge in [0.2, 0.25) is 11.8 Å². The molecule has 1 aromatic heterocycles. The predicted molar refractivity (Wildman–Crippen MR) is 115 cm³/mol. The van der Waals surface area contributed by atoms with Gasteiger partial charge in [0.1, 0.15) is 24.8 Å². The van der Waals surface area contributed by atoms with Crippen molar-refractivity contribution in [1.29, 1.82) is 0 Å². The van der Waals surface area contributed by atoms with E-state index >= 15 is 0 Å². The number of ether oxygens (including phenoxy) is 3. The van der Waals surface area contributed by atoms with Gasteiger partial charge in [0, 0.05) is 38.3 Å². The van der Waals surface area contributed by atoms with Crippen LogP contribution >= 0.6 is 11.3 Å². The summed E-state index contributed by atoms with van der Waals surface area (Å²) in [7, 11) is 2.99. The highest BCUT2D eigenvalue weighted by Gasteiger charge is 2.33. The van der Waals surface area contributed by atoms with Gasteiger partial charge in [-0.2, -0.15) is 0 Å². The van der Waals surface area contributed by atoms with E-state index in [9.17, 15) is 14.0 Å². The lowest BCUT2D eigenvalue weighted by Crippen LogP contribution is -2.49. The summed E-state index contributed by atoms with van der Waals surface area (Å²) in [5.41, 5.74) is 1.03. The topological polar surface area (TPSA) is 68.3 Å². The minimum Gasteiger partial charge on any atom is -0.491 e. The SMILES string of the molecule is COCCN(CC(=O)N1CCc2sccc2C1COc1cccc(F)c1)C(=O)COC. The van der Waals surface area contributed by atoms with Crippen molar-refractivity contribution < 1.29 is 28.2 Å². The number of hydrogen-bond acceptors (Lipinski definition) is 6. The zero-order chi connectivity index (χ0) is 22.2. The maximum atomic E-state index is 13.5. The molecule has 0 saturated carbocycles. The van der Waals surface area contributed by atoms with Crippen molar-refractivity contribution in [1.82, 2.24) is 9.80 Å². The zero-order valence-corrected chi connectivity index (χ0v) is 18.5. The number of methoxy groups -OCH3 is 2. The first-order valence-electron chi connectivity index (χ1n) is 10.0. The van der Waals surface area contributed by atoms with Crippen LogP contribution in [-0.2, 0) is 25.5 Å². The maximum Gasteiger partial charge on any atom is 0.249 e. The van der Waals surface area contributed by atoms with E-state index in [4.69, 9.17) is 14.2 Å². The number of rotatable bonds is 10. The second kappa shape index (κ2) is 11.2. The lowest BCUT2D eigenvalue weighted by molar-refractivity contribution is -0.145. The van der Waals surface area contributed by atoms with E-state index in [1.54, 1.807) is 35.5 Å². The van der Waals surface area contributed by atoms with E-state index < -0.39 is 0 Å². The van der Waals surface area contributed by atoms with Crippen LogP contribution < -0.4 is 4.74 Å². The number of thiophene rings is 1. The Kier molecular flexibility index (Phi) is 8.39. The third kappa shape index (κ3) is 6.03. The van der Waals surface area contributed by atoms with Crippen molar-refractivity contribution in [2.24, 2.45) is 0 Å². The Labute approximate surface area is 185 Å². The number of halogens is 1. The molecule has 2 heterocycles. The molecule has 0 aliphatic carbocycles. The van der Waals surface area contributed by atoms with Gasteiger partial charge in [0.15, 0.2) is 0 Å². The molecule has 1 aliphatic rings. The van der Waals surface area contributed by atoms with E-state index in [-0.39, 0.29) is 43.4 Å². The summed E-state index contributed by atoms with van der Waals surface area (Å²) in [4.78, 5) is 30.0. The van der Waals surface area contributed by atoms with Crippen molar-refractivity contribution >= 4 is 23.2 Å². The Balaban J connectivity index is 1.75. The molecule has 168 valence electrons. The van der Waals surface area contributed by atoms with Crippen LogP contribution in [0.2, 0.25) is 0 Å². The van der Waals surface area contributed by atoms with E-state index in [0.717, 1.165) is 12.0 Å². The van der Waals surface area contributed by atoms with Gasteiger partial charge in [0.05, 0.1) is 19.2 Å². The fraction of sp³-hybridized carbons (Fsp3) is 0.455. The normalized spacial score (nSPS) is 15.5. The van der Waals surface area contributed by atoms with Crippen LogP contribution in [0.3, 0.4) is 0 Å². The molecule has 0 radical (unpaired) electrons. The smallest absolute Gasteiger partial charge is 0.249 e. The van der Waals surface area contributed by atoms with E-state index in [0.29, 0.717) is 25.4 Å². The van der Waals surface area contributed by atoms with Crippen LogP contribution in [0.4, 0.5) is 4.39 Å². The molecule has 31 heavy (non-hydrogen) atoms. The van der Waals surface area contributed by atoms with Crippen LogP contribution in [-0.4, -0.2) is 75.3 Å². The first-order valence-corrected chi connectivity index (χ1v) is 10.9. The molecule has 1 aromatic carbocycles. The first kappa shape index (κ1) is 23.2. The lowest BCUT2D eigenvalue weighted by Gasteiger charge is -2.37. The van der Waals surface area contributed by atoms with Gasteiger partial charge in [-0.1, -0.05) is 6.07 Å². The van der Waals surface area contributed by atoms with Gasteiger partial charge in [-0.25, -0.2) is 4.39 Å². The number of fused-ring (bicyclic) bond motifs is 1. The quantitative estimate of drug-likeness (QED) is 0.557.